The normalized spacial score (nSPS) is 11.3. The Morgan fingerprint density at radius 2 is 1.64 bits per heavy atom. The maximum atomic E-state index is 12.6. The molecule has 0 fully saturated rings. The van der Waals surface area contributed by atoms with Crippen LogP contribution < -0.4 is 10.9 Å². The van der Waals surface area contributed by atoms with E-state index < -0.39 is 0 Å². The number of benzene rings is 2. The zero-order valence-electron chi connectivity index (χ0n) is 16.5. The molecular weight excluding hydrogens is 350 g/mol. The second-order valence-corrected chi connectivity index (χ2v) is 7.41. The number of para-hydroxylation sites is 1. The minimum atomic E-state index is -0.389. The first kappa shape index (κ1) is 18.1. The summed E-state index contributed by atoms with van der Waals surface area (Å²) in [5, 5.41) is 3.82. The Bertz CT molecular complexity index is 1200. The molecule has 0 bridgehead atoms. The van der Waals surface area contributed by atoms with Crippen molar-refractivity contribution in [3.63, 3.8) is 0 Å². The number of fused-ring (bicyclic) bond motifs is 1. The van der Waals surface area contributed by atoms with Gasteiger partial charge in [-0.05, 0) is 42.5 Å². The predicted octanol–water partition coefficient (Wildman–Crippen LogP) is 6.54. The van der Waals surface area contributed by atoms with Gasteiger partial charge in [0, 0.05) is 11.8 Å². The van der Waals surface area contributed by atoms with Crippen LogP contribution in [0.1, 0.15) is 36.7 Å². The number of aryl methyl sites for hydroxylation is 2. The summed E-state index contributed by atoms with van der Waals surface area (Å²) in [5.41, 5.74) is 5.04. The molecule has 142 valence electrons. The maximum absolute atomic E-state index is 12.6. The lowest BCUT2D eigenvalue weighted by atomic mass is 9.98. The van der Waals surface area contributed by atoms with E-state index >= 15 is 0 Å². The molecule has 2 heterocycles. The van der Waals surface area contributed by atoms with E-state index in [1.54, 1.807) is 13.0 Å². The van der Waals surface area contributed by atoms with Crippen LogP contribution in [0.5, 0.6) is 0 Å². The first-order valence-electron chi connectivity index (χ1n) is 9.44. The highest BCUT2D eigenvalue weighted by atomic mass is 16.4. The summed E-state index contributed by atoms with van der Waals surface area (Å²) in [7, 11) is 0. The smallest absolute Gasteiger partial charge is 0.347 e. The molecule has 0 unspecified atom stereocenters. The van der Waals surface area contributed by atoms with E-state index in [0.29, 0.717) is 28.5 Å². The third-order valence-electron chi connectivity index (χ3n) is 4.99. The standard InChI is InChI=1S/C24H23NO3/c1-14(2)17-9-11-18(12-10-17)21-22-20(13-16(4)27-24(22)26)28-23(21)25-19-8-6-5-7-15(19)3/h5-14,25H,1-4H3. The van der Waals surface area contributed by atoms with Crippen molar-refractivity contribution in [2.45, 2.75) is 33.6 Å². The summed E-state index contributed by atoms with van der Waals surface area (Å²) in [4.78, 5) is 12.6. The van der Waals surface area contributed by atoms with Crippen LogP contribution in [0.2, 0.25) is 0 Å². The van der Waals surface area contributed by atoms with Gasteiger partial charge in [0.1, 0.15) is 16.7 Å². The molecule has 2 aromatic carbocycles. The summed E-state index contributed by atoms with van der Waals surface area (Å²) in [5.74, 6) is 1.50. The minimum Gasteiger partial charge on any atom is -0.439 e. The van der Waals surface area contributed by atoms with Crippen molar-refractivity contribution in [1.29, 1.82) is 0 Å². The highest BCUT2D eigenvalue weighted by Gasteiger charge is 2.21. The van der Waals surface area contributed by atoms with Gasteiger partial charge in [-0.25, -0.2) is 4.79 Å². The number of hydrogen-bond acceptors (Lipinski definition) is 4. The molecule has 0 atom stereocenters. The Labute approximate surface area is 163 Å². The van der Waals surface area contributed by atoms with Crippen LogP contribution in [-0.2, 0) is 0 Å². The molecule has 0 saturated heterocycles. The van der Waals surface area contributed by atoms with E-state index in [2.05, 4.69) is 31.3 Å². The first-order chi connectivity index (χ1) is 13.4. The zero-order chi connectivity index (χ0) is 19.8. The van der Waals surface area contributed by atoms with Crippen LogP contribution in [-0.4, -0.2) is 0 Å². The molecule has 0 saturated carbocycles. The number of anilines is 2. The van der Waals surface area contributed by atoms with Crippen LogP contribution in [0.25, 0.3) is 22.1 Å². The molecule has 2 aromatic heterocycles. The van der Waals surface area contributed by atoms with Gasteiger partial charge in [0.05, 0.1) is 5.56 Å². The Morgan fingerprint density at radius 3 is 2.32 bits per heavy atom. The van der Waals surface area contributed by atoms with Gasteiger partial charge in [-0.1, -0.05) is 56.3 Å². The summed E-state index contributed by atoms with van der Waals surface area (Å²) in [6, 6.07) is 18.0. The second-order valence-electron chi connectivity index (χ2n) is 7.41. The van der Waals surface area contributed by atoms with Gasteiger partial charge < -0.3 is 14.2 Å². The lowest BCUT2D eigenvalue weighted by Gasteiger charge is -2.10. The summed E-state index contributed by atoms with van der Waals surface area (Å²) in [6.45, 7) is 8.09. The fourth-order valence-electron chi connectivity index (χ4n) is 3.40. The molecule has 0 amide bonds. The van der Waals surface area contributed by atoms with Crippen LogP contribution in [0.4, 0.5) is 11.6 Å². The van der Waals surface area contributed by atoms with Crippen molar-refractivity contribution in [3.05, 3.63) is 81.9 Å². The Balaban J connectivity index is 1.94. The van der Waals surface area contributed by atoms with E-state index in [4.69, 9.17) is 8.83 Å². The third-order valence-corrected chi connectivity index (χ3v) is 4.99. The van der Waals surface area contributed by atoms with E-state index in [1.807, 2.05) is 43.3 Å². The number of furan rings is 1. The monoisotopic (exact) mass is 373 g/mol. The van der Waals surface area contributed by atoms with Gasteiger partial charge in [-0.3, -0.25) is 0 Å². The van der Waals surface area contributed by atoms with Gasteiger partial charge in [-0.15, -0.1) is 0 Å². The van der Waals surface area contributed by atoms with Crippen molar-refractivity contribution in [1.82, 2.24) is 0 Å². The van der Waals surface area contributed by atoms with Crippen molar-refractivity contribution >= 4 is 22.5 Å². The minimum absolute atomic E-state index is 0.389. The maximum Gasteiger partial charge on any atom is 0.347 e. The average molecular weight is 373 g/mol. The van der Waals surface area contributed by atoms with Crippen molar-refractivity contribution < 1.29 is 8.83 Å². The Kier molecular flexibility index (Phi) is 4.55. The van der Waals surface area contributed by atoms with Crippen molar-refractivity contribution in [2.24, 2.45) is 0 Å². The van der Waals surface area contributed by atoms with Crippen molar-refractivity contribution in [2.75, 3.05) is 5.32 Å². The highest BCUT2D eigenvalue weighted by molar-refractivity contribution is 6.00. The van der Waals surface area contributed by atoms with Gasteiger partial charge in [0.15, 0.2) is 0 Å². The van der Waals surface area contributed by atoms with E-state index in [-0.39, 0.29) is 5.63 Å². The lowest BCUT2D eigenvalue weighted by molar-refractivity contribution is 0.485. The molecule has 0 aliphatic heterocycles. The van der Waals surface area contributed by atoms with E-state index in [9.17, 15) is 4.79 Å². The van der Waals surface area contributed by atoms with Gasteiger partial charge in [-0.2, -0.15) is 0 Å². The zero-order valence-corrected chi connectivity index (χ0v) is 16.5. The molecule has 4 heteroatoms. The van der Waals surface area contributed by atoms with Gasteiger partial charge >= 0.3 is 5.63 Å². The Morgan fingerprint density at radius 1 is 0.929 bits per heavy atom. The van der Waals surface area contributed by atoms with E-state index in [0.717, 1.165) is 22.4 Å². The highest BCUT2D eigenvalue weighted by Crippen LogP contribution is 2.39. The fourth-order valence-corrected chi connectivity index (χ4v) is 3.40. The molecular formula is C24H23NO3. The van der Waals surface area contributed by atoms with E-state index in [1.165, 1.54) is 5.56 Å². The van der Waals surface area contributed by atoms with Gasteiger partial charge in [0.2, 0.25) is 5.88 Å². The SMILES string of the molecule is Cc1cc2oc(Nc3ccccc3C)c(-c3ccc(C(C)C)cc3)c2c(=O)o1. The lowest BCUT2D eigenvalue weighted by Crippen LogP contribution is -2.00. The van der Waals surface area contributed by atoms with Crippen LogP contribution in [0.15, 0.2) is 68.2 Å². The molecule has 4 nitrogen and oxygen atoms in total. The Hall–Kier alpha value is -3.27. The van der Waals surface area contributed by atoms with Crippen LogP contribution >= 0.6 is 0 Å². The van der Waals surface area contributed by atoms with Crippen LogP contribution in [0, 0.1) is 13.8 Å². The van der Waals surface area contributed by atoms with Crippen LogP contribution in [0.3, 0.4) is 0 Å². The summed E-state index contributed by atoms with van der Waals surface area (Å²) >= 11 is 0. The topological polar surface area (TPSA) is 55.4 Å². The first-order valence-corrected chi connectivity index (χ1v) is 9.44. The second kappa shape index (κ2) is 7.04. The quantitative estimate of drug-likeness (QED) is 0.441. The third kappa shape index (κ3) is 3.22. The molecule has 0 spiro atoms. The van der Waals surface area contributed by atoms with Gasteiger partial charge in [0.25, 0.3) is 0 Å². The summed E-state index contributed by atoms with van der Waals surface area (Å²) in [6.07, 6.45) is 0. The van der Waals surface area contributed by atoms with Crippen molar-refractivity contribution in [3.8, 4) is 11.1 Å². The molecule has 0 aliphatic rings. The molecule has 28 heavy (non-hydrogen) atoms. The molecule has 4 rings (SSSR count). The summed E-state index contributed by atoms with van der Waals surface area (Å²) < 4.78 is 11.4. The largest absolute Gasteiger partial charge is 0.439 e. The average Bonchev–Trinajstić information content (AvgIpc) is 3.01. The predicted molar refractivity (Wildman–Crippen MR) is 113 cm³/mol. The molecule has 0 radical (unpaired) electrons. The fraction of sp³-hybridized carbons (Fsp3) is 0.208. The number of nitrogens with one attached hydrogen (secondary N) is 1. The molecule has 0 aliphatic carbocycles. The number of hydrogen-bond donors (Lipinski definition) is 1. The molecule has 4 aromatic rings. The molecule has 1 N–H and O–H groups in total. The number of rotatable bonds is 4.